The van der Waals surface area contributed by atoms with Gasteiger partial charge in [-0.3, -0.25) is 4.79 Å². The van der Waals surface area contributed by atoms with Crippen molar-refractivity contribution >= 4 is 36.0 Å². The van der Waals surface area contributed by atoms with Crippen molar-refractivity contribution < 1.29 is 20.4 Å². The van der Waals surface area contributed by atoms with Crippen LogP contribution in [0.15, 0.2) is 4.66 Å². The summed E-state index contributed by atoms with van der Waals surface area (Å²) < 4.78 is 21.3. The summed E-state index contributed by atoms with van der Waals surface area (Å²) >= 11 is 0. The molecular weight excluding hydrogens is 263 g/mol. The SMILES string of the molecule is [2H]CC(C)(COC(=O)CCC(=O)C[B]N=P)O[C@@H]([B])C. The van der Waals surface area contributed by atoms with E-state index >= 15 is 0 Å². The Balaban J connectivity index is 4.02. The first-order valence-corrected chi connectivity index (χ1v) is 6.36. The molecule has 0 spiro atoms. The summed E-state index contributed by atoms with van der Waals surface area (Å²) in [5, 5.41) is 0. The fraction of sp³-hybridized carbons (Fsp3) is 0.818. The Bertz CT molecular complexity index is 346. The Morgan fingerprint density at radius 2 is 2.26 bits per heavy atom. The average molecular weight is 283 g/mol. The smallest absolute Gasteiger partial charge is 0.306 e. The molecule has 5 nitrogen and oxygen atoms in total. The topological polar surface area (TPSA) is 65.0 Å². The van der Waals surface area contributed by atoms with E-state index in [1.165, 1.54) is 7.41 Å². The number of hydrogen-bond donors (Lipinski definition) is 0. The summed E-state index contributed by atoms with van der Waals surface area (Å²) in [5.74, 6) is -0.597. The Morgan fingerprint density at radius 3 is 2.79 bits per heavy atom. The van der Waals surface area contributed by atoms with Gasteiger partial charge in [0, 0.05) is 20.1 Å². The molecule has 0 saturated carbocycles. The largest absolute Gasteiger partial charge is 0.463 e. The predicted molar refractivity (Wildman–Crippen MR) is 76.9 cm³/mol. The van der Waals surface area contributed by atoms with Crippen LogP contribution in [0.1, 0.15) is 35.0 Å². The Kier molecular flexibility index (Phi) is 7.99. The van der Waals surface area contributed by atoms with Gasteiger partial charge < -0.3 is 18.9 Å². The van der Waals surface area contributed by atoms with Crippen LogP contribution < -0.4 is 0 Å². The molecule has 0 amide bonds. The molecule has 2 atom stereocenters. The van der Waals surface area contributed by atoms with E-state index in [1.54, 1.807) is 13.8 Å². The van der Waals surface area contributed by atoms with Gasteiger partial charge in [0.25, 0.3) is 7.41 Å². The summed E-state index contributed by atoms with van der Waals surface area (Å²) in [6.07, 6.45) is 0.276. The number of carbonyl (C=O) groups is 2. The van der Waals surface area contributed by atoms with Crippen molar-refractivity contribution in [2.45, 2.75) is 51.5 Å². The van der Waals surface area contributed by atoms with Gasteiger partial charge in [-0.2, -0.15) is 0 Å². The summed E-state index contributed by atoms with van der Waals surface area (Å²) in [7, 11) is 9.77. The second-order valence-electron chi connectivity index (χ2n) is 4.49. The molecule has 0 aromatic rings. The normalized spacial score (nSPS) is 15.8. The van der Waals surface area contributed by atoms with Crippen molar-refractivity contribution in [2.24, 2.45) is 4.66 Å². The first-order chi connectivity index (χ1) is 9.33. The van der Waals surface area contributed by atoms with E-state index in [0.717, 1.165) is 0 Å². The highest BCUT2D eigenvalue weighted by Crippen LogP contribution is 2.12. The Morgan fingerprint density at radius 1 is 1.58 bits per heavy atom. The molecule has 8 heteroatoms. The van der Waals surface area contributed by atoms with E-state index in [0.29, 0.717) is 0 Å². The number of ether oxygens (including phenoxy) is 2. The van der Waals surface area contributed by atoms with Crippen LogP contribution in [0.2, 0.25) is 6.32 Å². The molecule has 0 bridgehead atoms. The van der Waals surface area contributed by atoms with Crippen LogP contribution in [0.4, 0.5) is 0 Å². The lowest BCUT2D eigenvalue weighted by molar-refractivity contribution is -0.154. The first kappa shape index (κ1) is 16.4. The lowest BCUT2D eigenvalue weighted by Gasteiger charge is -2.27. The highest BCUT2D eigenvalue weighted by molar-refractivity contribution is 7.06. The zero-order valence-electron chi connectivity index (χ0n) is 12.3. The summed E-state index contributed by atoms with van der Waals surface area (Å²) in [5.41, 5.74) is -0.934. The second-order valence-corrected chi connectivity index (χ2v) is 4.75. The van der Waals surface area contributed by atoms with E-state index in [-0.39, 0.29) is 38.5 Å². The molecule has 0 aliphatic heterocycles. The molecule has 0 aliphatic rings. The zero-order chi connectivity index (χ0) is 15.6. The van der Waals surface area contributed by atoms with Gasteiger partial charge >= 0.3 is 5.97 Å². The van der Waals surface area contributed by atoms with Crippen molar-refractivity contribution in [3.8, 4) is 0 Å². The summed E-state index contributed by atoms with van der Waals surface area (Å²) in [4.78, 5) is 22.8. The maximum Gasteiger partial charge on any atom is 0.306 e. The average Bonchev–Trinajstić information content (AvgIpc) is 2.39. The fourth-order valence-corrected chi connectivity index (χ4v) is 1.37. The van der Waals surface area contributed by atoms with Gasteiger partial charge in [0.2, 0.25) is 0 Å². The van der Waals surface area contributed by atoms with Crippen LogP contribution in [0.25, 0.3) is 0 Å². The number of nitrogens with zero attached hydrogens (tertiary/aromatic N) is 1. The quantitative estimate of drug-likeness (QED) is 0.346. The molecule has 0 rings (SSSR count). The monoisotopic (exact) mass is 283 g/mol. The number of Topliss-reactive ketones (excluding diaryl/α,β-unsaturated/α-hetero) is 1. The maximum absolute atomic E-state index is 11.5. The van der Waals surface area contributed by atoms with Gasteiger partial charge in [-0.15, -0.1) is 0 Å². The number of esters is 1. The van der Waals surface area contributed by atoms with E-state index in [4.69, 9.17) is 18.7 Å². The number of carbonyl (C=O) groups excluding carboxylic acids is 2. The van der Waals surface area contributed by atoms with Crippen LogP contribution in [0.3, 0.4) is 0 Å². The minimum absolute atomic E-state index is 0.000641. The highest BCUT2D eigenvalue weighted by atomic mass is 31.0. The van der Waals surface area contributed by atoms with E-state index in [9.17, 15) is 9.59 Å². The van der Waals surface area contributed by atoms with Gasteiger partial charge in [0.15, 0.2) is 0 Å². The summed E-state index contributed by atoms with van der Waals surface area (Å²) in [6.45, 7) is 3.14. The predicted octanol–water partition coefficient (Wildman–Crippen LogP) is 1.55. The fourth-order valence-electron chi connectivity index (χ4n) is 1.28. The molecule has 0 saturated heterocycles. The van der Waals surface area contributed by atoms with Crippen molar-refractivity contribution in [3.05, 3.63) is 0 Å². The minimum Gasteiger partial charge on any atom is -0.463 e. The third-order valence-electron chi connectivity index (χ3n) is 2.03. The molecule has 19 heavy (non-hydrogen) atoms. The van der Waals surface area contributed by atoms with Gasteiger partial charge in [-0.25, -0.2) is 0 Å². The van der Waals surface area contributed by atoms with Gasteiger partial charge in [-0.1, -0.05) is 0 Å². The second kappa shape index (κ2) is 9.27. The number of rotatable bonds is 10. The molecule has 1 unspecified atom stereocenters. The van der Waals surface area contributed by atoms with Crippen LogP contribution in [-0.2, 0) is 19.1 Å². The lowest BCUT2D eigenvalue weighted by Crippen LogP contribution is -2.35. The Labute approximate surface area is 120 Å². The summed E-state index contributed by atoms with van der Waals surface area (Å²) in [6, 6.07) is -0.547. The van der Waals surface area contributed by atoms with Gasteiger partial charge in [-0.05, 0) is 29.8 Å². The molecule has 0 heterocycles. The molecule has 0 aliphatic carbocycles. The number of hydrogen-bond acceptors (Lipinski definition) is 5. The first-order valence-electron chi connectivity index (χ1n) is 6.62. The van der Waals surface area contributed by atoms with Crippen molar-refractivity contribution in [1.82, 2.24) is 0 Å². The third-order valence-corrected chi connectivity index (χ3v) is 2.21. The van der Waals surface area contributed by atoms with Gasteiger partial charge in [0.1, 0.15) is 20.2 Å². The van der Waals surface area contributed by atoms with E-state index in [1.807, 2.05) is 0 Å². The molecule has 0 fully saturated rings. The zero-order valence-corrected chi connectivity index (χ0v) is 12.3. The van der Waals surface area contributed by atoms with Crippen molar-refractivity contribution in [3.63, 3.8) is 0 Å². The van der Waals surface area contributed by atoms with Crippen LogP contribution >= 0.6 is 9.03 Å². The van der Waals surface area contributed by atoms with E-state index < -0.39 is 17.6 Å². The third kappa shape index (κ3) is 10.9. The van der Waals surface area contributed by atoms with Crippen molar-refractivity contribution in [1.29, 1.82) is 0 Å². The van der Waals surface area contributed by atoms with Crippen LogP contribution in [0.5, 0.6) is 0 Å². The number of ketones is 1. The molecule has 0 N–H and O–H groups in total. The molecular formula is C11H19B2NO4P. The van der Waals surface area contributed by atoms with E-state index in [2.05, 4.69) is 13.7 Å². The Hall–Kier alpha value is -0.670. The molecule has 103 valence electrons. The van der Waals surface area contributed by atoms with Gasteiger partial charge in [0.05, 0.1) is 12.0 Å². The molecule has 0 aromatic heterocycles. The maximum atomic E-state index is 11.5. The highest BCUT2D eigenvalue weighted by Gasteiger charge is 2.22. The standard InChI is InChI=1S/C11H19B2NO4P/c1-8(12)18-11(2,3)7-17-10(16)5-4-9(15)6-13-14-19/h8,19H,4-7H2,1-3H3/t8-/m1/s1/i2D/t8-,11?. The van der Waals surface area contributed by atoms with Crippen LogP contribution in [-0.4, -0.2) is 45.2 Å². The van der Waals surface area contributed by atoms with Crippen LogP contribution in [0, 0.1) is 0 Å². The molecule has 0 aromatic carbocycles. The minimum atomic E-state index is -0.934. The van der Waals surface area contributed by atoms with Crippen molar-refractivity contribution in [2.75, 3.05) is 6.61 Å². The lowest BCUT2D eigenvalue weighted by atomic mass is 9.87. The molecule has 3 radical (unpaired) electrons.